The van der Waals surface area contributed by atoms with Gasteiger partial charge in [0, 0.05) is 13.0 Å². The summed E-state index contributed by atoms with van der Waals surface area (Å²) in [6.45, 7) is 1.51. The molecule has 1 aromatic carbocycles. The Morgan fingerprint density at radius 1 is 1.29 bits per heavy atom. The van der Waals surface area contributed by atoms with Crippen molar-refractivity contribution in [1.82, 2.24) is 4.90 Å². The van der Waals surface area contributed by atoms with Gasteiger partial charge in [-0.1, -0.05) is 30.3 Å². The Balaban J connectivity index is 1.58. The third-order valence-corrected chi connectivity index (χ3v) is 4.03. The maximum atomic E-state index is 12.4. The lowest BCUT2D eigenvalue weighted by atomic mass is 10.1. The molecule has 0 spiro atoms. The predicted octanol–water partition coefficient (Wildman–Crippen LogP) is 2.74. The van der Waals surface area contributed by atoms with E-state index in [1.54, 1.807) is 17.0 Å². The minimum Gasteiger partial charge on any atom is -0.467 e. The Bertz CT molecular complexity index is 628. The van der Waals surface area contributed by atoms with Crippen molar-refractivity contribution in [3.63, 3.8) is 0 Å². The number of amides is 1. The molecule has 1 N–H and O–H groups in total. The lowest BCUT2D eigenvalue weighted by Crippen LogP contribution is -2.49. The topological polar surface area (TPSA) is 72.1 Å². The molecule has 0 aliphatic carbocycles. The van der Waals surface area contributed by atoms with Crippen molar-refractivity contribution in [3.05, 3.63) is 60.1 Å². The molecule has 128 valence electrons. The summed E-state index contributed by atoms with van der Waals surface area (Å²) in [7, 11) is 0. The number of carbonyl (C=O) groups is 1. The lowest BCUT2D eigenvalue weighted by Gasteiger charge is -2.35. The molecular weight excluding hydrogens is 310 g/mol. The highest BCUT2D eigenvalue weighted by Gasteiger charge is 2.31. The summed E-state index contributed by atoms with van der Waals surface area (Å²) < 4.78 is 16.1. The van der Waals surface area contributed by atoms with E-state index < -0.39 is 12.2 Å². The van der Waals surface area contributed by atoms with E-state index in [4.69, 9.17) is 13.9 Å². The minimum absolute atomic E-state index is 0.227. The van der Waals surface area contributed by atoms with Crippen LogP contribution < -0.4 is 0 Å². The highest BCUT2D eigenvalue weighted by molar-refractivity contribution is 5.68. The van der Waals surface area contributed by atoms with Crippen LogP contribution in [-0.4, -0.2) is 41.9 Å². The van der Waals surface area contributed by atoms with Crippen molar-refractivity contribution in [2.75, 3.05) is 19.8 Å². The number of aliphatic hydroxyl groups excluding tert-OH is 1. The average Bonchev–Trinajstić information content (AvgIpc) is 3.16. The molecule has 0 radical (unpaired) electrons. The molecule has 2 heterocycles. The third kappa shape index (κ3) is 4.15. The molecule has 1 aliphatic rings. The molecule has 6 heteroatoms. The fourth-order valence-electron chi connectivity index (χ4n) is 2.75. The summed E-state index contributed by atoms with van der Waals surface area (Å²) in [5.74, 6) is 0.484. The summed E-state index contributed by atoms with van der Waals surface area (Å²) in [4.78, 5) is 14.0. The fourth-order valence-corrected chi connectivity index (χ4v) is 2.75. The van der Waals surface area contributed by atoms with Crippen LogP contribution in [0.5, 0.6) is 0 Å². The van der Waals surface area contributed by atoms with Gasteiger partial charge >= 0.3 is 6.09 Å². The van der Waals surface area contributed by atoms with Gasteiger partial charge < -0.3 is 23.9 Å². The van der Waals surface area contributed by atoms with Crippen LogP contribution in [0.15, 0.2) is 53.1 Å². The van der Waals surface area contributed by atoms with Gasteiger partial charge in [0.25, 0.3) is 0 Å². The van der Waals surface area contributed by atoms with Crippen LogP contribution in [0.1, 0.15) is 23.8 Å². The van der Waals surface area contributed by atoms with Crippen molar-refractivity contribution >= 4 is 6.09 Å². The number of morpholine rings is 1. The molecule has 1 amide bonds. The van der Waals surface area contributed by atoms with E-state index in [2.05, 4.69) is 0 Å². The van der Waals surface area contributed by atoms with E-state index in [-0.39, 0.29) is 12.6 Å². The van der Waals surface area contributed by atoms with Gasteiger partial charge in [-0.2, -0.15) is 0 Å². The maximum absolute atomic E-state index is 12.4. The van der Waals surface area contributed by atoms with Gasteiger partial charge in [0.1, 0.15) is 18.5 Å². The lowest BCUT2D eigenvalue weighted by molar-refractivity contribution is -0.0280. The zero-order chi connectivity index (χ0) is 16.8. The zero-order valence-electron chi connectivity index (χ0n) is 13.3. The molecule has 1 saturated heterocycles. The number of nitrogens with zero attached hydrogens (tertiary/aromatic N) is 1. The number of carbonyl (C=O) groups excluding carboxylic acids is 1. The molecule has 0 bridgehead atoms. The number of hydrogen-bond donors (Lipinski definition) is 1. The summed E-state index contributed by atoms with van der Waals surface area (Å²) in [5, 5.41) is 10.2. The first-order chi connectivity index (χ1) is 11.7. The van der Waals surface area contributed by atoms with E-state index in [1.165, 1.54) is 6.26 Å². The maximum Gasteiger partial charge on any atom is 0.410 e. The molecule has 2 aromatic rings. The van der Waals surface area contributed by atoms with Gasteiger partial charge in [-0.25, -0.2) is 4.79 Å². The number of aliphatic hydroxyl groups is 1. The van der Waals surface area contributed by atoms with Crippen LogP contribution >= 0.6 is 0 Å². The van der Waals surface area contributed by atoms with E-state index in [9.17, 15) is 9.90 Å². The van der Waals surface area contributed by atoms with Crippen molar-refractivity contribution in [1.29, 1.82) is 0 Å². The average molecular weight is 331 g/mol. The van der Waals surface area contributed by atoms with Gasteiger partial charge in [0.15, 0.2) is 0 Å². The first-order valence-corrected chi connectivity index (χ1v) is 8.00. The number of benzene rings is 1. The highest BCUT2D eigenvalue weighted by Crippen LogP contribution is 2.23. The molecule has 2 atom stereocenters. The molecule has 1 fully saturated rings. The first-order valence-electron chi connectivity index (χ1n) is 8.00. The predicted molar refractivity (Wildman–Crippen MR) is 86.2 cm³/mol. The Hall–Kier alpha value is -2.31. The second-order valence-corrected chi connectivity index (χ2v) is 5.73. The Morgan fingerprint density at radius 3 is 2.88 bits per heavy atom. The third-order valence-electron chi connectivity index (χ3n) is 4.03. The molecule has 0 saturated carbocycles. The summed E-state index contributed by atoms with van der Waals surface area (Å²) in [6, 6.07) is 12.7. The Kier molecular flexibility index (Phi) is 5.51. The van der Waals surface area contributed by atoms with E-state index >= 15 is 0 Å². The SMILES string of the molecule is O=C(OCc1ccccc1)N1CCOCC1CC(O)c1ccco1. The zero-order valence-corrected chi connectivity index (χ0v) is 13.3. The second-order valence-electron chi connectivity index (χ2n) is 5.73. The van der Waals surface area contributed by atoms with Crippen molar-refractivity contribution in [3.8, 4) is 0 Å². The van der Waals surface area contributed by atoms with Gasteiger partial charge in [-0.15, -0.1) is 0 Å². The largest absolute Gasteiger partial charge is 0.467 e. The summed E-state index contributed by atoms with van der Waals surface area (Å²) >= 11 is 0. The molecule has 6 nitrogen and oxygen atoms in total. The monoisotopic (exact) mass is 331 g/mol. The summed E-state index contributed by atoms with van der Waals surface area (Å²) in [5.41, 5.74) is 0.936. The van der Waals surface area contributed by atoms with Gasteiger partial charge in [0.05, 0.1) is 25.5 Å². The Labute approximate surface area is 140 Å². The quantitative estimate of drug-likeness (QED) is 0.912. The Morgan fingerprint density at radius 2 is 2.12 bits per heavy atom. The number of rotatable bonds is 5. The fraction of sp³-hybridized carbons (Fsp3) is 0.389. The molecule has 3 rings (SSSR count). The highest BCUT2D eigenvalue weighted by atomic mass is 16.6. The first kappa shape index (κ1) is 16.5. The van der Waals surface area contributed by atoms with Gasteiger partial charge in [-0.3, -0.25) is 0 Å². The van der Waals surface area contributed by atoms with Crippen LogP contribution in [0.2, 0.25) is 0 Å². The van der Waals surface area contributed by atoms with Gasteiger partial charge in [-0.05, 0) is 17.7 Å². The van der Waals surface area contributed by atoms with Crippen molar-refractivity contribution < 1.29 is 23.8 Å². The standard InChI is InChI=1S/C18H21NO5/c20-16(17-7-4-9-23-17)11-15-13-22-10-8-19(15)18(21)24-12-14-5-2-1-3-6-14/h1-7,9,15-16,20H,8,10-13H2. The molecular formula is C18H21NO5. The number of ether oxygens (including phenoxy) is 2. The smallest absolute Gasteiger partial charge is 0.410 e. The van der Waals surface area contributed by atoms with Crippen LogP contribution in [0.3, 0.4) is 0 Å². The van der Waals surface area contributed by atoms with Crippen LogP contribution in [0.25, 0.3) is 0 Å². The normalized spacial score (nSPS) is 19.0. The molecule has 1 aliphatic heterocycles. The van der Waals surface area contributed by atoms with E-state index in [0.717, 1.165) is 5.56 Å². The van der Waals surface area contributed by atoms with Crippen molar-refractivity contribution in [2.45, 2.75) is 25.2 Å². The molecule has 24 heavy (non-hydrogen) atoms. The number of furan rings is 1. The van der Waals surface area contributed by atoms with Crippen LogP contribution in [0, 0.1) is 0 Å². The van der Waals surface area contributed by atoms with E-state index in [0.29, 0.717) is 31.9 Å². The second kappa shape index (κ2) is 7.99. The minimum atomic E-state index is -0.781. The molecule has 1 aromatic heterocycles. The van der Waals surface area contributed by atoms with E-state index in [1.807, 2.05) is 30.3 Å². The van der Waals surface area contributed by atoms with Crippen LogP contribution in [-0.2, 0) is 16.1 Å². The summed E-state index contributed by atoms with van der Waals surface area (Å²) in [6.07, 6.45) is 0.686. The van der Waals surface area contributed by atoms with Gasteiger partial charge in [0.2, 0.25) is 0 Å². The van der Waals surface area contributed by atoms with Crippen LogP contribution in [0.4, 0.5) is 4.79 Å². The number of hydrogen-bond acceptors (Lipinski definition) is 5. The van der Waals surface area contributed by atoms with Crippen molar-refractivity contribution in [2.24, 2.45) is 0 Å². The molecule has 2 unspecified atom stereocenters.